The van der Waals surface area contributed by atoms with Crippen LogP contribution in [0, 0.1) is 0 Å². The quantitative estimate of drug-likeness (QED) is 0.811. The van der Waals surface area contributed by atoms with Crippen LogP contribution >= 0.6 is 12.4 Å². The number of ether oxygens (including phenoxy) is 1. The molecule has 0 spiro atoms. The molecule has 1 atom stereocenters. The Labute approximate surface area is 85.5 Å². The van der Waals surface area contributed by atoms with Crippen LogP contribution in [0.15, 0.2) is 30.3 Å². The second kappa shape index (κ2) is 6.75. The molecule has 2 N–H and O–H groups in total. The molecule has 1 aromatic carbocycles. The van der Waals surface area contributed by atoms with Crippen LogP contribution in [0.5, 0.6) is 5.75 Å². The SMILES string of the molecule is CCC(N)COc1ccccc1.Cl. The predicted octanol–water partition coefficient (Wildman–Crippen LogP) is 2.22. The van der Waals surface area contributed by atoms with Crippen molar-refractivity contribution in [3.63, 3.8) is 0 Å². The van der Waals surface area contributed by atoms with Gasteiger partial charge in [0.2, 0.25) is 0 Å². The van der Waals surface area contributed by atoms with E-state index in [1.807, 2.05) is 30.3 Å². The van der Waals surface area contributed by atoms with Gasteiger partial charge in [0.1, 0.15) is 12.4 Å². The fraction of sp³-hybridized carbons (Fsp3) is 0.400. The highest BCUT2D eigenvalue weighted by molar-refractivity contribution is 5.85. The molecule has 0 saturated carbocycles. The van der Waals surface area contributed by atoms with Crippen LogP contribution in [-0.4, -0.2) is 12.6 Å². The topological polar surface area (TPSA) is 35.2 Å². The molecule has 0 radical (unpaired) electrons. The number of hydrogen-bond donors (Lipinski definition) is 1. The van der Waals surface area contributed by atoms with Gasteiger partial charge in [-0.25, -0.2) is 0 Å². The molecule has 1 unspecified atom stereocenters. The van der Waals surface area contributed by atoms with Gasteiger partial charge in [0.15, 0.2) is 0 Å². The first kappa shape index (κ1) is 12.3. The second-order valence-electron chi connectivity index (χ2n) is 2.79. The van der Waals surface area contributed by atoms with Crippen molar-refractivity contribution in [3.05, 3.63) is 30.3 Å². The van der Waals surface area contributed by atoms with Crippen LogP contribution in [0.1, 0.15) is 13.3 Å². The number of benzene rings is 1. The maximum Gasteiger partial charge on any atom is 0.119 e. The van der Waals surface area contributed by atoms with Crippen molar-refractivity contribution in [1.82, 2.24) is 0 Å². The molecule has 0 fully saturated rings. The lowest BCUT2D eigenvalue weighted by Crippen LogP contribution is -2.26. The van der Waals surface area contributed by atoms with E-state index >= 15 is 0 Å². The van der Waals surface area contributed by atoms with Gasteiger partial charge in [-0.2, -0.15) is 0 Å². The average molecular weight is 202 g/mol. The molecule has 0 amide bonds. The molecule has 0 aliphatic carbocycles. The summed E-state index contributed by atoms with van der Waals surface area (Å²) in [5.74, 6) is 0.890. The maximum atomic E-state index is 5.70. The molecule has 3 heteroatoms. The fourth-order valence-corrected chi connectivity index (χ4v) is 0.838. The third-order valence-corrected chi connectivity index (χ3v) is 1.73. The van der Waals surface area contributed by atoms with Gasteiger partial charge in [-0.15, -0.1) is 12.4 Å². The van der Waals surface area contributed by atoms with Gasteiger partial charge in [-0.05, 0) is 18.6 Å². The van der Waals surface area contributed by atoms with E-state index in [1.54, 1.807) is 0 Å². The molecule has 0 bridgehead atoms. The minimum Gasteiger partial charge on any atom is -0.492 e. The third-order valence-electron chi connectivity index (χ3n) is 1.73. The van der Waals surface area contributed by atoms with E-state index in [0.29, 0.717) is 6.61 Å². The van der Waals surface area contributed by atoms with Gasteiger partial charge in [-0.3, -0.25) is 0 Å². The summed E-state index contributed by atoms with van der Waals surface area (Å²) in [5, 5.41) is 0. The first-order valence-electron chi connectivity index (χ1n) is 4.26. The van der Waals surface area contributed by atoms with Crippen molar-refractivity contribution in [2.45, 2.75) is 19.4 Å². The van der Waals surface area contributed by atoms with Gasteiger partial charge in [0, 0.05) is 6.04 Å². The number of hydrogen-bond acceptors (Lipinski definition) is 2. The van der Waals surface area contributed by atoms with E-state index in [2.05, 4.69) is 6.92 Å². The van der Waals surface area contributed by atoms with E-state index in [0.717, 1.165) is 12.2 Å². The minimum absolute atomic E-state index is 0. The Morgan fingerprint density at radius 2 is 1.92 bits per heavy atom. The molecule has 0 aliphatic rings. The normalized spacial score (nSPS) is 11.5. The summed E-state index contributed by atoms with van der Waals surface area (Å²) in [5.41, 5.74) is 5.70. The summed E-state index contributed by atoms with van der Waals surface area (Å²) in [6.07, 6.45) is 0.951. The van der Waals surface area contributed by atoms with Crippen LogP contribution in [0.3, 0.4) is 0 Å². The maximum absolute atomic E-state index is 5.70. The first-order chi connectivity index (χ1) is 5.83. The summed E-state index contributed by atoms with van der Waals surface area (Å²) in [4.78, 5) is 0. The van der Waals surface area contributed by atoms with Crippen LogP contribution in [0.25, 0.3) is 0 Å². The smallest absolute Gasteiger partial charge is 0.119 e. The van der Waals surface area contributed by atoms with Gasteiger partial charge >= 0.3 is 0 Å². The van der Waals surface area contributed by atoms with E-state index in [9.17, 15) is 0 Å². The molecule has 0 heterocycles. The van der Waals surface area contributed by atoms with E-state index in [4.69, 9.17) is 10.5 Å². The zero-order valence-electron chi connectivity index (χ0n) is 7.77. The first-order valence-corrected chi connectivity index (χ1v) is 4.26. The summed E-state index contributed by atoms with van der Waals surface area (Å²) in [7, 11) is 0. The monoisotopic (exact) mass is 201 g/mol. The fourth-order valence-electron chi connectivity index (χ4n) is 0.838. The standard InChI is InChI=1S/C10H15NO.ClH/c1-2-9(11)8-12-10-6-4-3-5-7-10;/h3-7,9H,2,8,11H2,1H3;1H. The lowest BCUT2D eigenvalue weighted by Gasteiger charge is -2.10. The summed E-state index contributed by atoms with van der Waals surface area (Å²) in [6.45, 7) is 2.65. The van der Waals surface area contributed by atoms with Crippen molar-refractivity contribution in [2.24, 2.45) is 5.73 Å². The molecule has 1 aromatic rings. The van der Waals surface area contributed by atoms with Gasteiger partial charge < -0.3 is 10.5 Å². The molecule has 0 aromatic heterocycles. The Morgan fingerprint density at radius 3 is 2.46 bits per heavy atom. The number of para-hydroxylation sites is 1. The Hall–Kier alpha value is -0.730. The lowest BCUT2D eigenvalue weighted by atomic mass is 10.2. The highest BCUT2D eigenvalue weighted by Crippen LogP contribution is 2.08. The third kappa shape index (κ3) is 4.76. The highest BCUT2D eigenvalue weighted by atomic mass is 35.5. The summed E-state index contributed by atoms with van der Waals surface area (Å²) in [6, 6.07) is 9.88. The summed E-state index contributed by atoms with van der Waals surface area (Å²) < 4.78 is 5.43. The van der Waals surface area contributed by atoms with Crippen molar-refractivity contribution in [1.29, 1.82) is 0 Å². The van der Waals surface area contributed by atoms with E-state index in [-0.39, 0.29) is 18.4 Å². The molecule has 0 saturated heterocycles. The second-order valence-corrected chi connectivity index (χ2v) is 2.79. The number of rotatable bonds is 4. The van der Waals surface area contributed by atoms with Crippen LogP contribution in [0.4, 0.5) is 0 Å². The minimum atomic E-state index is 0. The van der Waals surface area contributed by atoms with Gasteiger partial charge in [0.25, 0.3) is 0 Å². The molecule has 13 heavy (non-hydrogen) atoms. The lowest BCUT2D eigenvalue weighted by molar-refractivity contribution is 0.285. The molecule has 2 nitrogen and oxygen atoms in total. The van der Waals surface area contributed by atoms with Crippen LogP contribution in [-0.2, 0) is 0 Å². The van der Waals surface area contributed by atoms with E-state index in [1.165, 1.54) is 0 Å². The molecule has 0 aliphatic heterocycles. The van der Waals surface area contributed by atoms with Crippen molar-refractivity contribution >= 4 is 12.4 Å². The molecular formula is C10H16ClNO. The average Bonchev–Trinajstić information content (AvgIpc) is 2.16. The number of halogens is 1. The zero-order chi connectivity index (χ0) is 8.81. The van der Waals surface area contributed by atoms with Gasteiger partial charge in [-0.1, -0.05) is 25.1 Å². The van der Waals surface area contributed by atoms with E-state index < -0.39 is 0 Å². The molecule has 1 rings (SSSR count). The van der Waals surface area contributed by atoms with Crippen molar-refractivity contribution in [3.8, 4) is 5.75 Å². The Morgan fingerprint density at radius 1 is 1.31 bits per heavy atom. The molecule has 74 valence electrons. The molecular weight excluding hydrogens is 186 g/mol. The predicted molar refractivity (Wildman–Crippen MR) is 57.5 cm³/mol. The Kier molecular flexibility index (Phi) is 6.37. The van der Waals surface area contributed by atoms with Crippen molar-refractivity contribution < 1.29 is 4.74 Å². The van der Waals surface area contributed by atoms with Crippen molar-refractivity contribution in [2.75, 3.05) is 6.61 Å². The number of nitrogens with two attached hydrogens (primary N) is 1. The zero-order valence-corrected chi connectivity index (χ0v) is 8.59. The van der Waals surface area contributed by atoms with Gasteiger partial charge in [0.05, 0.1) is 0 Å². The Bertz CT molecular complexity index is 215. The van der Waals surface area contributed by atoms with Crippen LogP contribution in [0.2, 0.25) is 0 Å². The highest BCUT2D eigenvalue weighted by Gasteiger charge is 1.98. The van der Waals surface area contributed by atoms with Crippen LogP contribution < -0.4 is 10.5 Å². The largest absolute Gasteiger partial charge is 0.492 e. The summed E-state index contributed by atoms with van der Waals surface area (Å²) >= 11 is 0. The Balaban J connectivity index is 0.00000144.